The third-order valence-corrected chi connectivity index (χ3v) is 5.07. The van der Waals surface area contributed by atoms with Gasteiger partial charge in [0.1, 0.15) is 5.03 Å². The van der Waals surface area contributed by atoms with Crippen LogP contribution < -0.4 is 4.90 Å². The smallest absolute Gasteiger partial charge is 0.119 e. The molecule has 3 nitrogen and oxygen atoms in total. The van der Waals surface area contributed by atoms with Crippen molar-refractivity contribution in [3.05, 3.63) is 41.5 Å². The normalized spacial score (nSPS) is 11.1. The summed E-state index contributed by atoms with van der Waals surface area (Å²) in [6.07, 6.45) is 0. The average Bonchev–Trinajstić information content (AvgIpc) is 2.55. The van der Waals surface area contributed by atoms with Gasteiger partial charge >= 0.3 is 0 Å². The molecule has 0 bridgehead atoms. The lowest BCUT2D eigenvalue weighted by atomic mass is 10.0. The van der Waals surface area contributed by atoms with E-state index >= 15 is 0 Å². The summed E-state index contributed by atoms with van der Waals surface area (Å²) in [5.74, 6) is 1.09. The second-order valence-corrected chi connectivity index (χ2v) is 6.73. The lowest BCUT2D eigenvalue weighted by molar-refractivity contribution is -0.893. The number of benzene rings is 1. The van der Waals surface area contributed by atoms with E-state index in [2.05, 4.69) is 68.2 Å². The topological polar surface area (TPSA) is 30.2 Å². The maximum absolute atomic E-state index is 4.38. The van der Waals surface area contributed by atoms with Crippen molar-refractivity contribution in [1.82, 2.24) is 10.2 Å². The number of hydrogen-bond donors (Lipinski definition) is 1. The van der Waals surface area contributed by atoms with E-state index in [1.165, 1.54) is 30.8 Å². The molecule has 4 heteroatoms. The number of aryl methyl sites for hydroxylation is 2. The lowest BCUT2D eigenvalue weighted by Crippen LogP contribution is -3.11. The van der Waals surface area contributed by atoms with Crippen LogP contribution in [0, 0.1) is 13.8 Å². The van der Waals surface area contributed by atoms with Crippen LogP contribution in [0.25, 0.3) is 11.3 Å². The second kappa shape index (κ2) is 8.30. The molecule has 0 aliphatic heterocycles. The van der Waals surface area contributed by atoms with E-state index in [4.69, 9.17) is 0 Å². The molecule has 22 heavy (non-hydrogen) atoms. The van der Waals surface area contributed by atoms with Gasteiger partial charge in [0.25, 0.3) is 0 Å². The van der Waals surface area contributed by atoms with Gasteiger partial charge in [-0.05, 0) is 57.0 Å². The second-order valence-electron chi connectivity index (χ2n) is 5.61. The van der Waals surface area contributed by atoms with Crippen molar-refractivity contribution < 1.29 is 4.90 Å². The number of nitrogens with zero attached hydrogens (tertiary/aromatic N) is 2. The van der Waals surface area contributed by atoms with Gasteiger partial charge in [0, 0.05) is 11.3 Å². The third-order valence-electron chi connectivity index (χ3n) is 4.15. The molecule has 1 aromatic heterocycles. The van der Waals surface area contributed by atoms with E-state index in [0.717, 1.165) is 22.0 Å². The molecular formula is C18H26N3S+. The fourth-order valence-electron chi connectivity index (χ4n) is 2.36. The molecule has 0 saturated carbocycles. The first-order valence-electron chi connectivity index (χ1n) is 8.01. The number of aromatic nitrogens is 2. The summed E-state index contributed by atoms with van der Waals surface area (Å²) in [5, 5.41) is 9.75. The van der Waals surface area contributed by atoms with E-state index in [1.54, 1.807) is 16.7 Å². The van der Waals surface area contributed by atoms with Gasteiger partial charge in [0.15, 0.2) is 0 Å². The highest BCUT2D eigenvalue weighted by Gasteiger charge is 2.05. The molecule has 118 valence electrons. The fourth-order valence-corrected chi connectivity index (χ4v) is 3.22. The zero-order valence-electron chi connectivity index (χ0n) is 14.0. The van der Waals surface area contributed by atoms with Crippen LogP contribution in [0.3, 0.4) is 0 Å². The van der Waals surface area contributed by atoms with Crippen molar-refractivity contribution in [2.75, 3.05) is 25.4 Å². The minimum atomic E-state index is 0.946. The number of quaternary nitrogens is 1. The summed E-state index contributed by atoms with van der Waals surface area (Å²) in [5.41, 5.74) is 4.68. The van der Waals surface area contributed by atoms with E-state index in [0.29, 0.717) is 0 Å². The molecule has 0 unspecified atom stereocenters. The van der Waals surface area contributed by atoms with E-state index in [-0.39, 0.29) is 0 Å². The monoisotopic (exact) mass is 316 g/mol. The fraction of sp³-hybridized carbons (Fsp3) is 0.444. The summed E-state index contributed by atoms with van der Waals surface area (Å²) in [6.45, 7) is 12.3. The van der Waals surface area contributed by atoms with Gasteiger partial charge in [-0.25, -0.2) is 0 Å². The molecule has 1 aromatic carbocycles. The average molecular weight is 316 g/mol. The van der Waals surface area contributed by atoms with Crippen LogP contribution in [0.4, 0.5) is 0 Å². The highest BCUT2D eigenvalue weighted by molar-refractivity contribution is 7.99. The Morgan fingerprint density at radius 1 is 0.955 bits per heavy atom. The summed E-state index contributed by atoms with van der Waals surface area (Å²) < 4.78 is 0. The Hall–Kier alpha value is -1.39. The summed E-state index contributed by atoms with van der Waals surface area (Å²) in [6, 6.07) is 10.6. The predicted octanol–water partition coefficient (Wildman–Crippen LogP) is 2.78. The van der Waals surface area contributed by atoms with Gasteiger partial charge < -0.3 is 4.90 Å². The minimum absolute atomic E-state index is 0.946. The summed E-state index contributed by atoms with van der Waals surface area (Å²) >= 11 is 1.79. The molecule has 2 aromatic rings. The molecule has 0 fully saturated rings. The van der Waals surface area contributed by atoms with E-state index < -0.39 is 0 Å². The van der Waals surface area contributed by atoms with Crippen molar-refractivity contribution in [2.24, 2.45) is 0 Å². The van der Waals surface area contributed by atoms with Gasteiger partial charge in [-0.15, -0.1) is 10.2 Å². The number of thioether (sulfide) groups is 1. The first-order chi connectivity index (χ1) is 10.6. The Bertz CT molecular complexity index is 592. The Morgan fingerprint density at radius 2 is 1.73 bits per heavy atom. The Morgan fingerprint density at radius 3 is 2.32 bits per heavy atom. The van der Waals surface area contributed by atoms with Crippen LogP contribution in [-0.4, -0.2) is 35.6 Å². The molecule has 0 radical (unpaired) electrons. The maximum Gasteiger partial charge on any atom is 0.119 e. The SMILES string of the molecule is CC[NH+](CC)CCSc1ccc(-c2ccc(C)c(C)c2)nn1. The first kappa shape index (κ1) is 17.0. The summed E-state index contributed by atoms with van der Waals surface area (Å²) in [4.78, 5) is 1.63. The molecule has 0 aliphatic rings. The number of hydrogen-bond acceptors (Lipinski definition) is 3. The Labute approximate surface area is 138 Å². The minimum Gasteiger partial charge on any atom is -0.335 e. The number of nitrogens with one attached hydrogen (secondary N) is 1. The van der Waals surface area contributed by atoms with Crippen LogP contribution >= 0.6 is 11.8 Å². The molecule has 0 amide bonds. The largest absolute Gasteiger partial charge is 0.335 e. The van der Waals surface area contributed by atoms with Gasteiger partial charge in [-0.3, -0.25) is 0 Å². The van der Waals surface area contributed by atoms with E-state index in [1.807, 2.05) is 0 Å². The van der Waals surface area contributed by atoms with Gasteiger partial charge in [0.2, 0.25) is 0 Å². The zero-order valence-corrected chi connectivity index (χ0v) is 14.8. The van der Waals surface area contributed by atoms with Gasteiger partial charge in [-0.2, -0.15) is 0 Å². The van der Waals surface area contributed by atoms with Crippen LogP contribution in [0.15, 0.2) is 35.4 Å². The first-order valence-corrected chi connectivity index (χ1v) is 9.00. The van der Waals surface area contributed by atoms with Crippen LogP contribution in [0.5, 0.6) is 0 Å². The van der Waals surface area contributed by atoms with Crippen molar-refractivity contribution in [2.45, 2.75) is 32.7 Å². The Kier molecular flexibility index (Phi) is 6.40. The molecule has 0 saturated heterocycles. The number of rotatable bonds is 7. The maximum atomic E-state index is 4.38. The van der Waals surface area contributed by atoms with E-state index in [9.17, 15) is 0 Å². The summed E-state index contributed by atoms with van der Waals surface area (Å²) in [7, 11) is 0. The van der Waals surface area contributed by atoms with Crippen molar-refractivity contribution >= 4 is 11.8 Å². The lowest BCUT2D eigenvalue weighted by Gasteiger charge is -2.14. The van der Waals surface area contributed by atoms with Crippen LogP contribution in [0.1, 0.15) is 25.0 Å². The molecule has 0 spiro atoms. The van der Waals surface area contributed by atoms with Crippen LogP contribution in [-0.2, 0) is 0 Å². The van der Waals surface area contributed by atoms with Gasteiger partial charge in [-0.1, -0.05) is 23.9 Å². The predicted molar refractivity (Wildman–Crippen MR) is 94.6 cm³/mol. The third kappa shape index (κ3) is 4.55. The highest BCUT2D eigenvalue weighted by Crippen LogP contribution is 2.21. The molecule has 2 rings (SSSR count). The van der Waals surface area contributed by atoms with Crippen molar-refractivity contribution in [3.63, 3.8) is 0 Å². The molecule has 0 aliphatic carbocycles. The zero-order chi connectivity index (χ0) is 15.9. The van der Waals surface area contributed by atoms with Crippen molar-refractivity contribution in [3.8, 4) is 11.3 Å². The van der Waals surface area contributed by atoms with Crippen LogP contribution in [0.2, 0.25) is 0 Å². The quantitative estimate of drug-likeness (QED) is 0.797. The molecule has 0 atom stereocenters. The van der Waals surface area contributed by atoms with Gasteiger partial charge in [0.05, 0.1) is 25.3 Å². The standard InChI is InChI=1S/C18H25N3S/c1-5-21(6-2)11-12-22-18-10-9-17(19-20-18)16-8-7-14(3)15(4)13-16/h7-10,13H,5-6,11-12H2,1-4H3/p+1. The highest BCUT2D eigenvalue weighted by atomic mass is 32.2. The van der Waals surface area contributed by atoms with Crippen molar-refractivity contribution in [1.29, 1.82) is 0 Å². The molecule has 1 heterocycles. The Balaban J connectivity index is 1.96. The molecule has 1 N–H and O–H groups in total. The molecular weight excluding hydrogens is 290 g/mol.